The van der Waals surface area contributed by atoms with E-state index in [-0.39, 0.29) is 0 Å². The minimum atomic E-state index is -5.16. The molecule has 5 rings (SSSR count). The Hall–Kier alpha value is -3.09. The van der Waals surface area contributed by atoms with Crippen LogP contribution in [-0.2, 0) is 19.7 Å². The third kappa shape index (κ3) is 5.84. The number of halogens is 3. The third-order valence-corrected chi connectivity index (χ3v) is 12.5. The Balaban J connectivity index is 0.000000212. The van der Waals surface area contributed by atoms with Crippen molar-refractivity contribution in [1.82, 2.24) is 0 Å². The van der Waals surface area contributed by atoms with Crippen LogP contribution in [0.5, 0.6) is 0 Å². The molecule has 1 aliphatic rings. The fourth-order valence-corrected chi connectivity index (χ4v) is 10.2. The number of hydrogen-bond donors (Lipinski definition) is 0. The predicted octanol–water partition coefficient (Wildman–Crippen LogP) is 5.13. The Morgan fingerprint density at radius 2 is 0.750 bits per heavy atom. The van der Waals surface area contributed by atoms with E-state index in [0.717, 1.165) is 0 Å². The van der Waals surface area contributed by atoms with Crippen LogP contribution in [0.25, 0.3) is 0 Å². The Kier molecular flexibility index (Phi) is 9.42. The summed E-state index contributed by atoms with van der Waals surface area (Å²) >= 11 is 15.8. The average molecular weight is 630 g/mol. The third-order valence-electron chi connectivity index (χ3n) is 6.02. The van der Waals surface area contributed by atoms with E-state index in [9.17, 15) is 22.6 Å². The summed E-state index contributed by atoms with van der Waals surface area (Å²) in [4.78, 5) is 20.9. The van der Waals surface area contributed by atoms with E-state index >= 15 is 0 Å². The number of carbonyl (C=O) groups excluding carboxylic acids is 2. The first-order valence-corrected chi connectivity index (χ1v) is 16.0. The number of Topliss-reactive ketones (excluding diaryl/α,β-unsaturated/α-hetero) is 2. The van der Waals surface area contributed by atoms with Gasteiger partial charge in [0.25, 0.3) is 0 Å². The monoisotopic (exact) mass is 628 g/mol. The van der Waals surface area contributed by atoms with Gasteiger partial charge in [-0.25, -0.2) is 8.42 Å². The largest absolute Gasteiger partial charge is 0.744 e. The highest BCUT2D eigenvalue weighted by molar-refractivity contribution is 8.01. The first kappa shape index (κ1) is 29.9. The molecule has 0 radical (unpaired) electrons. The van der Waals surface area contributed by atoms with Crippen molar-refractivity contribution in [3.05, 3.63) is 141 Å². The highest BCUT2D eigenvalue weighted by Crippen LogP contribution is 2.54. The van der Waals surface area contributed by atoms with Crippen LogP contribution in [0.2, 0.25) is 0 Å². The van der Waals surface area contributed by atoms with Crippen LogP contribution in [-0.4, -0.2) is 24.5 Å². The van der Waals surface area contributed by atoms with E-state index in [1.54, 1.807) is 0 Å². The molecule has 0 saturated carbocycles. The average Bonchev–Trinajstić information content (AvgIpc) is 2.97. The molecule has 202 valence electrons. The molecule has 40 heavy (non-hydrogen) atoms. The smallest absolute Gasteiger partial charge is 0.218 e. The molecule has 0 spiro atoms. The molecule has 0 N–H and O–H groups in total. The Morgan fingerprint density at radius 1 is 0.475 bits per heavy atom. The normalized spacial score (nSPS) is 14.1. The molecule has 0 heterocycles. The van der Waals surface area contributed by atoms with Crippen molar-refractivity contribution >= 4 is 85.0 Å². The van der Waals surface area contributed by atoms with Gasteiger partial charge in [-0.3, -0.25) is 9.59 Å². The summed E-state index contributed by atoms with van der Waals surface area (Å²) in [5.74, 6) is -2.54. The fourth-order valence-electron chi connectivity index (χ4n) is 4.32. The maximum atomic E-state index is 11.2. The Labute approximate surface area is 247 Å². The first-order chi connectivity index (χ1) is 19.1. The van der Waals surface area contributed by atoms with Gasteiger partial charge < -0.3 is 4.55 Å². The molecule has 0 atom stereocenters. The number of rotatable bonds is 5. The fraction of sp³-hybridized carbons (Fsp3) is 0. The van der Waals surface area contributed by atoms with Gasteiger partial charge in [0.05, 0.1) is 0 Å². The van der Waals surface area contributed by atoms with Crippen LogP contribution in [0, 0.1) is 0 Å². The second-order valence-electron chi connectivity index (χ2n) is 8.40. The maximum absolute atomic E-state index is 11.2. The lowest BCUT2D eigenvalue weighted by atomic mass is 10.1. The minimum Gasteiger partial charge on any atom is -0.744 e. The van der Waals surface area contributed by atoms with Crippen molar-refractivity contribution in [3.8, 4) is 0 Å². The number of allylic oxidation sites excluding steroid dienone is 4. The van der Waals surface area contributed by atoms with E-state index in [4.69, 9.17) is 34.8 Å². The van der Waals surface area contributed by atoms with E-state index in [1.807, 2.05) is 0 Å². The lowest BCUT2D eigenvalue weighted by molar-refractivity contribution is -0.114. The molecule has 10 heteroatoms. The summed E-state index contributed by atoms with van der Waals surface area (Å²) in [7, 11) is -7.07. The zero-order valence-electron chi connectivity index (χ0n) is 20.6. The second kappa shape index (κ2) is 12.6. The number of carbonyl (C=O) groups is 2. The van der Waals surface area contributed by atoms with Crippen molar-refractivity contribution in [2.24, 2.45) is 0 Å². The van der Waals surface area contributed by atoms with Crippen LogP contribution in [0.4, 0.5) is 0 Å². The van der Waals surface area contributed by atoms with Gasteiger partial charge in [-0.1, -0.05) is 108 Å². The molecular formula is C30H20Cl3O5PS. The van der Waals surface area contributed by atoms with E-state index in [2.05, 4.69) is 121 Å². The minimum absolute atomic E-state index is 0.709. The molecule has 4 aromatic carbocycles. The van der Waals surface area contributed by atoms with Crippen molar-refractivity contribution < 1.29 is 22.6 Å². The van der Waals surface area contributed by atoms with Gasteiger partial charge in [0, 0.05) is 0 Å². The van der Waals surface area contributed by atoms with Crippen LogP contribution in [0.3, 0.4) is 0 Å². The number of ketones is 2. The van der Waals surface area contributed by atoms with Gasteiger partial charge in [-0.05, 0) is 48.5 Å². The maximum Gasteiger partial charge on any atom is 0.218 e. The van der Waals surface area contributed by atoms with Crippen molar-refractivity contribution in [2.45, 2.75) is 0 Å². The molecule has 0 amide bonds. The van der Waals surface area contributed by atoms with E-state index in [1.165, 1.54) is 21.2 Å². The molecule has 1 aliphatic carbocycles. The van der Waals surface area contributed by atoms with Gasteiger partial charge in [-0.15, -0.1) is 0 Å². The Bertz CT molecular complexity index is 1550. The van der Waals surface area contributed by atoms with Crippen LogP contribution < -0.4 is 21.2 Å². The first-order valence-electron chi connectivity index (χ1n) is 11.7. The van der Waals surface area contributed by atoms with Gasteiger partial charge in [0.15, 0.2) is 0 Å². The molecule has 0 aromatic heterocycles. The molecule has 0 bridgehead atoms. The second-order valence-corrected chi connectivity index (χ2v) is 14.3. The van der Waals surface area contributed by atoms with Gasteiger partial charge in [-0.2, -0.15) is 0 Å². The lowest BCUT2D eigenvalue weighted by Crippen LogP contribution is -2.38. The summed E-state index contributed by atoms with van der Waals surface area (Å²) < 4.78 is 31.8. The van der Waals surface area contributed by atoms with E-state index in [0.29, 0.717) is 0 Å². The highest BCUT2D eigenvalue weighted by atomic mass is 35.5. The van der Waals surface area contributed by atoms with Crippen LogP contribution in [0.15, 0.2) is 141 Å². The summed E-state index contributed by atoms with van der Waals surface area (Å²) in [5.41, 5.74) is 0. The molecule has 0 fully saturated rings. The predicted molar refractivity (Wildman–Crippen MR) is 163 cm³/mol. The lowest BCUT2D eigenvalue weighted by Gasteiger charge is -2.27. The van der Waals surface area contributed by atoms with Gasteiger partial charge in [0.1, 0.15) is 58.6 Å². The van der Waals surface area contributed by atoms with E-state index < -0.39 is 48.9 Å². The summed E-state index contributed by atoms with van der Waals surface area (Å²) in [6.45, 7) is 0. The Morgan fingerprint density at radius 3 is 1.02 bits per heavy atom. The van der Waals surface area contributed by atoms with Crippen LogP contribution in [0.1, 0.15) is 0 Å². The van der Waals surface area contributed by atoms with Crippen molar-refractivity contribution in [3.63, 3.8) is 0 Å². The number of benzene rings is 4. The molecule has 4 aromatic rings. The van der Waals surface area contributed by atoms with Gasteiger partial charge in [0.2, 0.25) is 11.6 Å². The molecule has 0 saturated heterocycles. The van der Waals surface area contributed by atoms with Crippen molar-refractivity contribution in [1.29, 1.82) is 0 Å². The summed E-state index contributed by atoms with van der Waals surface area (Å²) in [5, 5.41) is 2.97. The molecular weight excluding hydrogens is 610 g/mol. The summed E-state index contributed by atoms with van der Waals surface area (Å²) in [6.07, 6.45) is 0. The quantitative estimate of drug-likeness (QED) is 0.174. The highest BCUT2D eigenvalue weighted by Gasteiger charge is 2.47. The standard InChI is InChI=1S/C24H20P.C6HCl3O5S/c1-5-13-21(14-6-1)25(22-15-7-2-8-16-22,23-17-9-3-10-18-23)24-19-11-4-12-20-24;7-1-2(8)5(11)6(15(12,13)14)3(9)4(1)10/h1-20H;(H,12,13,14)/q+1;/p-1. The molecule has 0 unspecified atom stereocenters. The van der Waals surface area contributed by atoms with Crippen LogP contribution >= 0.6 is 42.1 Å². The van der Waals surface area contributed by atoms with Gasteiger partial charge >= 0.3 is 0 Å². The van der Waals surface area contributed by atoms with Crippen molar-refractivity contribution in [2.75, 3.05) is 0 Å². The molecule has 0 aliphatic heterocycles. The molecule has 5 nitrogen and oxygen atoms in total. The summed E-state index contributed by atoms with van der Waals surface area (Å²) in [6, 6.07) is 43.8. The zero-order chi connectivity index (χ0) is 28.9. The number of hydrogen-bond acceptors (Lipinski definition) is 5. The topological polar surface area (TPSA) is 91.3 Å². The SMILES string of the molecule is O=C1C(Cl)=C(Cl)C(=O)C(S(=O)(=O)[O-])=C1Cl.c1ccc([P+](c2ccccc2)(c2ccccc2)c2ccccc2)cc1. The zero-order valence-corrected chi connectivity index (χ0v) is 24.6.